The first kappa shape index (κ1) is 5.20. The van der Waals surface area contributed by atoms with Gasteiger partial charge in [-0.15, -0.1) is 8.19 Å². The highest BCUT2D eigenvalue weighted by Crippen LogP contribution is 2.27. The fraction of sp³-hybridized carbons (Fsp3) is 0. The van der Waals surface area contributed by atoms with Crippen LogP contribution in [0.4, 0.5) is 3.89 Å². The topological polar surface area (TPSA) is 0 Å². The summed E-state index contributed by atoms with van der Waals surface area (Å²) in [5.74, 6) is 1.96. The Labute approximate surface area is 47.5 Å². The minimum absolute atomic E-state index is 0.343. The van der Waals surface area contributed by atoms with Crippen molar-refractivity contribution in [3.05, 3.63) is 17.9 Å². The lowest BCUT2D eigenvalue weighted by Gasteiger charge is -1.74. The van der Waals surface area contributed by atoms with E-state index in [1.807, 2.05) is 11.9 Å². The van der Waals surface area contributed by atoms with E-state index in [9.17, 15) is 3.89 Å². The van der Waals surface area contributed by atoms with Crippen molar-refractivity contribution in [3.8, 4) is 0 Å². The number of halogens is 1. The van der Waals surface area contributed by atoms with Crippen LogP contribution in [0.3, 0.4) is 0 Å². The SMILES string of the molecule is FSc1ccc[pH]1. The average molecular weight is 134 g/mol. The zero-order chi connectivity index (χ0) is 5.11. The summed E-state index contributed by atoms with van der Waals surface area (Å²) in [6.07, 6.45) is 0. The van der Waals surface area contributed by atoms with Gasteiger partial charge in [-0.05, 0) is 11.9 Å². The van der Waals surface area contributed by atoms with E-state index >= 15 is 0 Å². The summed E-state index contributed by atoms with van der Waals surface area (Å²) in [6.45, 7) is 0. The third kappa shape index (κ3) is 1.22. The van der Waals surface area contributed by atoms with Crippen LogP contribution in [0.5, 0.6) is 0 Å². The lowest BCUT2D eigenvalue weighted by molar-refractivity contribution is 0.938. The highest BCUT2D eigenvalue weighted by atomic mass is 32.2. The molecule has 0 radical (unpaired) electrons. The predicted octanol–water partition coefficient (Wildman–Crippen LogP) is 2.69. The molecule has 7 heavy (non-hydrogen) atoms. The minimum atomic E-state index is 0.343. The molecule has 0 N–H and O–H groups in total. The smallest absolute Gasteiger partial charge is 0.0852 e. The van der Waals surface area contributed by atoms with Gasteiger partial charge in [-0.2, -0.15) is 3.89 Å². The van der Waals surface area contributed by atoms with Crippen molar-refractivity contribution in [2.45, 2.75) is 4.63 Å². The van der Waals surface area contributed by atoms with E-state index in [0.29, 0.717) is 20.3 Å². The highest BCUT2D eigenvalue weighted by Gasteiger charge is 1.86. The van der Waals surface area contributed by atoms with Crippen LogP contribution in [0.25, 0.3) is 0 Å². The molecule has 1 rings (SSSR count). The first-order valence-corrected chi connectivity index (χ1v) is 3.65. The van der Waals surface area contributed by atoms with Gasteiger partial charge in [0.1, 0.15) is 0 Å². The highest BCUT2D eigenvalue weighted by molar-refractivity contribution is 7.97. The van der Waals surface area contributed by atoms with Gasteiger partial charge in [0.25, 0.3) is 0 Å². The Morgan fingerprint density at radius 1 is 1.71 bits per heavy atom. The van der Waals surface area contributed by atoms with E-state index in [0.717, 1.165) is 4.63 Å². The summed E-state index contributed by atoms with van der Waals surface area (Å²) in [5, 5.41) is 0. The second kappa shape index (κ2) is 2.39. The van der Waals surface area contributed by atoms with Crippen molar-refractivity contribution in [1.29, 1.82) is 0 Å². The Morgan fingerprint density at radius 3 is 2.86 bits per heavy atom. The van der Waals surface area contributed by atoms with E-state index in [-0.39, 0.29) is 0 Å². The van der Waals surface area contributed by atoms with Gasteiger partial charge >= 0.3 is 0 Å². The molecular formula is C4H4FPS. The zero-order valence-electron chi connectivity index (χ0n) is 3.52. The Kier molecular flexibility index (Phi) is 1.77. The Balaban J connectivity index is 2.76. The standard InChI is InChI=1S/C4H4FPS/c5-7-4-2-1-3-6-4/h1-3,6H. The van der Waals surface area contributed by atoms with E-state index < -0.39 is 0 Å². The van der Waals surface area contributed by atoms with Crippen molar-refractivity contribution in [1.82, 2.24) is 0 Å². The fourth-order valence-electron chi connectivity index (χ4n) is 0.362. The van der Waals surface area contributed by atoms with Crippen molar-refractivity contribution < 1.29 is 3.89 Å². The molecule has 0 aliphatic carbocycles. The maximum atomic E-state index is 11.5. The normalized spacial score (nSPS) is 10.4. The van der Waals surface area contributed by atoms with Crippen molar-refractivity contribution in [2.75, 3.05) is 0 Å². The maximum absolute atomic E-state index is 11.5. The summed E-state index contributed by atoms with van der Waals surface area (Å²) in [4.78, 5) is 0. The molecule has 0 amide bonds. The van der Waals surface area contributed by atoms with Gasteiger partial charge in [0.2, 0.25) is 0 Å². The predicted molar refractivity (Wildman–Crippen MR) is 32.9 cm³/mol. The van der Waals surface area contributed by atoms with Crippen LogP contribution >= 0.6 is 20.3 Å². The fourth-order valence-corrected chi connectivity index (χ4v) is 1.42. The average Bonchev–Trinajstić information content (AvgIpc) is 2.14. The second-order valence-electron chi connectivity index (χ2n) is 1.11. The van der Waals surface area contributed by atoms with Crippen LogP contribution < -0.4 is 0 Å². The maximum Gasteiger partial charge on any atom is 0.0852 e. The summed E-state index contributed by atoms with van der Waals surface area (Å²) >= 11 is 0.343. The van der Waals surface area contributed by atoms with E-state index in [1.165, 1.54) is 0 Å². The molecule has 0 nitrogen and oxygen atoms in total. The van der Waals surface area contributed by atoms with Gasteiger partial charge in [0.15, 0.2) is 0 Å². The van der Waals surface area contributed by atoms with Crippen LogP contribution in [0.15, 0.2) is 22.6 Å². The van der Waals surface area contributed by atoms with E-state index in [2.05, 4.69) is 0 Å². The van der Waals surface area contributed by atoms with Gasteiger partial charge in [-0.25, -0.2) is 0 Å². The Morgan fingerprint density at radius 2 is 2.57 bits per heavy atom. The van der Waals surface area contributed by atoms with Gasteiger partial charge in [0.05, 0.1) is 16.8 Å². The van der Waals surface area contributed by atoms with Crippen molar-refractivity contribution in [3.63, 3.8) is 0 Å². The molecule has 0 saturated carbocycles. The molecular weight excluding hydrogens is 130 g/mol. The lowest BCUT2D eigenvalue weighted by Crippen LogP contribution is -1.38. The molecule has 1 aromatic rings. The van der Waals surface area contributed by atoms with Crippen LogP contribution in [-0.4, -0.2) is 0 Å². The Hall–Kier alpha value is 0.0600. The molecule has 0 aliphatic rings. The second-order valence-corrected chi connectivity index (χ2v) is 3.23. The third-order valence-corrected chi connectivity index (χ3v) is 2.35. The molecule has 0 spiro atoms. The number of rotatable bonds is 1. The molecule has 0 bridgehead atoms. The first-order valence-electron chi connectivity index (χ1n) is 1.85. The molecule has 1 atom stereocenters. The largest absolute Gasteiger partial charge is 0.159 e. The molecule has 0 aromatic carbocycles. The zero-order valence-corrected chi connectivity index (χ0v) is 5.33. The number of hydrogen-bond donors (Lipinski definition) is 0. The van der Waals surface area contributed by atoms with Gasteiger partial charge < -0.3 is 0 Å². The van der Waals surface area contributed by atoms with Crippen LogP contribution in [-0.2, 0) is 0 Å². The molecule has 1 heterocycles. The molecule has 0 fully saturated rings. The molecule has 1 unspecified atom stereocenters. The molecule has 1 aromatic heterocycles. The van der Waals surface area contributed by atoms with Crippen LogP contribution in [0.1, 0.15) is 0 Å². The van der Waals surface area contributed by atoms with Crippen LogP contribution in [0, 0.1) is 0 Å². The van der Waals surface area contributed by atoms with E-state index in [4.69, 9.17) is 0 Å². The Bertz CT molecular complexity index is 126. The molecule has 0 saturated heterocycles. The molecule has 38 valence electrons. The summed E-state index contributed by atoms with van der Waals surface area (Å²) in [6, 6.07) is 3.67. The quantitative estimate of drug-likeness (QED) is 0.569. The van der Waals surface area contributed by atoms with E-state index in [1.54, 1.807) is 6.07 Å². The van der Waals surface area contributed by atoms with Crippen molar-refractivity contribution in [2.24, 2.45) is 0 Å². The minimum Gasteiger partial charge on any atom is -0.159 e. The van der Waals surface area contributed by atoms with Crippen molar-refractivity contribution >= 4 is 20.3 Å². The summed E-state index contributed by atoms with van der Waals surface area (Å²) in [5.41, 5.74) is 0. The first-order chi connectivity index (χ1) is 3.43. The van der Waals surface area contributed by atoms with Crippen LogP contribution in [0.2, 0.25) is 0 Å². The molecule has 3 heteroatoms. The third-order valence-electron chi connectivity index (χ3n) is 0.653. The van der Waals surface area contributed by atoms with Gasteiger partial charge in [-0.1, -0.05) is 6.07 Å². The lowest BCUT2D eigenvalue weighted by atomic mass is 10.7. The molecule has 0 aliphatic heterocycles. The van der Waals surface area contributed by atoms with Gasteiger partial charge in [-0.3, -0.25) is 0 Å². The number of hydrogen-bond acceptors (Lipinski definition) is 1. The van der Waals surface area contributed by atoms with Gasteiger partial charge in [0, 0.05) is 0 Å². The monoisotopic (exact) mass is 134 g/mol. The summed E-state index contributed by atoms with van der Waals surface area (Å²) in [7, 11) is 0.568. The summed E-state index contributed by atoms with van der Waals surface area (Å²) < 4.78 is 12.3.